The van der Waals surface area contributed by atoms with E-state index in [9.17, 15) is 14.0 Å². The molecule has 146 valence electrons. The van der Waals surface area contributed by atoms with Gasteiger partial charge in [0.1, 0.15) is 11.6 Å². The fourth-order valence-electron chi connectivity index (χ4n) is 3.35. The largest absolute Gasteiger partial charge is 0.467 e. The van der Waals surface area contributed by atoms with Crippen molar-refractivity contribution in [2.45, 2.75) is 20.0 Å². The van der Waals surface area contributed by atoms with Crippen molar-refractivity contribution in [1.29, 1.82) is 0 Å². The van der Waals surface area contributed by atoms with Gasteiger partial charge in [-0.25, -0.2) is 4.39 Å². The maximum Gasteiger partial charge on any atom is 0.257 e. The molecular weight excluding hydrogens is 371 g/mol. The molecule has 0 aliphatic heterocycles. The van der Waals surface area contributed by atoms with Crippen molar-refractivity contribution in [1.82, 2.24) is 9.88 Å². The molecule has 2 aromatic carbocycles. The lowest BCUT2D eigenvalue weighted by Crippen LogP contribution is -2.33. The molecular formula is C23H19FN2O3. The average Bonchev–Trinajstić information content (AvgIpc) is 3.22. The number of halogens is 1. The molecule has 0 saturated carbocycles. The highest BCUT2D eigenvalue weighted by atomic mass is 19.1. The highest BCUT2D eigenvalue weighted by Gasteiger charge is 2.22. The van der Waals surface area contributed by atoms with Gasteiger partial charge in [-0.1, -0.05) is 30.3 Å². The molecule has 1 N–H and O–H groups in total. The van der Waals surface area contributed by atoms with E-state index in [-0.39, 0.29) is 24.2 Å². The number of amides is 1. The van der Waals surface area contributed by atoms with Crippen molar-refractivity contribution in [3.63, 3.8) is 0 Å². The molecule has 29 heavy (non-hydrogen) atoms. The predicted octanol–water partition coefficient (Wildman–Crippen LogP) is 4.41. The Balaban J connectivity index is 1.73. The minimum absolute atomic E-state index is 0.0209. The zero-order valence-corrected chi connectivity index (χ0v) is 15.8. The van der Waals surface area contributed by atoms with Gasteiger partial charge in [0.05, 0.1) is 30.4 Å². The molecule has 0 unspecified atom stereocenters. The molecule has 0 saturated heterocycles. The molecule has 2 aromatic heterocycles. The van der Waals surface area contributed by atoms with Crippen LogP contribution in [0, 0.1) is 12.7 Å². The normalized spacial score (nSPS) is 11.0. The molecule has 0 atom stereocenters. The van der Waals surface area contributed by atoms with E-state index in [1.165, 1.54) is 29.4 Å². The maximum absolute atomic E-state index is 14.2. The van der Waals surface area contributed by atoms with Gasteiger partial charge in [-0.05, 0) is 48.2 Å². The Kier molecular flexibility index (Phi) is 4.99. The summed E-state index contributed by atoms with van der Waals surface area (Å²) in [6, 6.07) is 16.7. The van der Waals surface area contributed by atoms with Crippen molar-refractivity contribution in [3.8, 4) is 0 Å². The van der Waals surface area contributed by atoms with Gasteiger partial charge in [-0.15, -0.1) is 0 Å². The minimum atomic E-state index is -0.606. The molecule has 5 nitrogen and oxygen atoms in total. The predicted molar refractivity (Wildman–Crippen MR) is 108 cm³/mol. The van der Waals surface area contributed by atoms with Crippen LogP contribution in [0.5, 0.6) is 0 Å². The average molecular weight is 390 g/mol. The van der Waals surface area contributed by atoms with Crippen LogP contribution in [0.15, 0.2) is 76.1 Å². The van der Waals surface area contributed by atoms with Crippen molar-refractivity contribution >= 4 is 16.8 Å². The Morgan fingerprint density at radius 3 is 2.66 bits per heavy atom. The smallest absolute Gasteiger partial charge is 0.257 e. The van der Waals surface area contributed by atoms with E-state index in [1.807, 2.05) is 25.1 Å². The number of aromatic amines is 1. The maximum atomic E-state index is 14.2. The second-order valence-electron chi connectivity index (χ2n) is 6.88. The van der Waals surface area contributed by atoms with Gasteiger partial charge in [0.2, 0.25) is 0 Å². The second kappa shape index (κ2) is 7.75. The van der Waals surface area contributed by atoms with Gasteiger partial charge in [-0.2, -0.15) is 0 Å². The SMILES string of the molecule is Cc1cccc2cc(CN(Cc3ccco3)C(=O)c3ccccc3F)c(=O)[nH]c12. The number of furan rings is 1. The van der Waals surface area contributed by atoms with Gasteiger partial charge in [0, 0.05) is 5.56 Å². The van der Waals surface area contributed by atoms with Crippen molar-refractivity contribution in [2.24, 2.45) is 0 Å². The number of nitrogens with one attached hydrogen (secondary N) is 1. The van der Waals surface area contributed by atoms with Crippen LogP contribution in [-0.2, 0) is 13.1 Å². The van der Waals surface area contributed by atoms with E-state index in [0.717, 1.165) is 16.5 Å². The first kappa shape index (κ1) is 18.7. The molecule has 1 amide bonds. The Labute approximate surface area is 166 Å². The molecule has 0 radical (unpaired) electrons. The number of fused-ring (bicyclic) bond motifs is 1. The summed E-state index contributed by atoms with van der Waals surface area (Å²) in [5, 5.41) is 0.871. The van der Waals surface area contributed by atoms with Crippen LogP contribution < -0.4 is 5.56 Å². The highest BCUT2D eigenvalue weighted by Crippen LogP contribution is 2.19. The van der Waals surface area contributed by atoms with Gasteiger partial charge in [0.25, 0.3) is 11.5 Å². The standard InChI is InChI=1S/C23H19FN2O3/c1-15-6-4-7-16-12-17(22(27)25-21(15)16)13-26(14-18-8-5-11-29-18)23(28)19-9-2-3-10-20(19)24/h2-12H,13-14H2,1H3,(H,25,27). The van der Waals surface area contributed by atoms with Gasteiger partial charge < -0.3 is 14.3 Å². The van der Waals surface area contributed by atoms with E-state index < -0.39 is 11.7 Å². The lowest BCUT2D eigenvalue weighted by molar-refractivity contribution is 0.0712. The number of hydrogen-bond acceptors (Lipinski definition) is 3. The number of rotatable bonds is 5. The van der Waals surface area contributed by atoms with Gasteiger partial charge in [-0.3, -0.25) is 9.59 Å². The number of nitrogens with zero attached hydrogens (tertiary/aromatic N) is 1. The van der Waals surface area contributed by atoms with E-state index in [0.29, 0.717) is 11.3 Å². The highest BCUT2D eigenvalue weighted by molar-refractivity contribution is 5.94. The van der Waals surface area contributed by atoms with E-state index in [1.54, 1.807) is 24.3 Å². The quantitative estimate of drug-likeness (QED) is 0.549. The number of para-hydroxylation sites is 1. The molecule has 0 fully saturated rings. The second-order valence-corrected chi connectivity index (χ2v) is 6.88. The summed E-state index contributed by atoms with van der Waals surface area (Å²) in [4.78, 5) is 30.0. The first-order valence-corrected chi connectivity index (χ1v) is 9.20. The molecule has 2 heterocycles. The number of hydrogen-bond donors (Lipinski definition) is 1. The van der Waals surface area contributed by atoms with Gasteiger partial charge in [0.15, 0.2) is 0 Å². The summed E-state index contributed by atoms with van der Waals surface area (Å²) in [6.07, 6.45) is 1.51. The lowest BCUT2D eigenvalue weighted by atomic mass is 10.1. The number of aryl methyl sites for hydroxylation is 1. The van der Waals surface area contributed by atoms with Crippen LogP contribution in [0.4, 0.5) is 4.39 Å². The zero-order chi connectivity index (χ0) is 20.4. The third kappa shape index (κ3) is 3.82. The van der Waals surface area contributed by atoms with Crippen LogP contribution in [0.25, 0.3) is 10.9 Å². The summed E-state index contributed by atoms with van der Waals surface area (Å²) in [5.74, 6) is -0.573. The molecule has 6 heteroatoms. The van der Waals surface area contributed by atoms with Gasteiger partial charge >= 0.3 is 0 Å². The monoisotopic (exact) mass is 390 g/mol. The minimum Gasteiger partial charge on any atom is -0.467 e. The molecule has 4 aromatic rings. The summed E-state index contributed by atoms with van der Waals surface area (Å²) < 4.78 is 19.6. The van der Waals surface area contributed by atoms with Crippen LogP contribution in [0.3, 0.4) is 0 Å². The van der Waals surface area contributed by atoms with Crippen molar-refractivity contribution in [3.05, 3.63) is 106 Å². The van der Waals surface area contributed by atoms with E-state index in [4.69, 9.17) is 4.42 Å². The van der Waals surface area contributed by atoms with E-state index >= 15 is 0 Å². The number of carbonyl (C=O) groups is 1. The van der Waals surface area contributed by atoms with E-state index in [2.05, 4.69) is 4.98 Å². The van der Waals surface area contributed by atoms with Crippen LogP contribution in [0.2, 0.25) is 0 Å². The number of carbonyl (C=O) groups excluding carboxylic acids is 1. The molecule has 0 spiro atoms. The first-order valence-electron chi connectivity index (χ1n) is 9.20. The third-order valence-electron chi connectivity index (χ3n) is 4.84. The number of benzene rings is 2. The van der Waals surface area contributed by atoms with Crippen LogP contribution in [-0.4, -0.2) is 15.8 Å². The lowest BCUT2D eigenvalue weighted by Gasteiger charge is -2.22. The number of H-pyrrole nitrogens is 1. The van der Waals surface area contributed by atoms with Crippen molar-refractivity contribution in [2.75, 3.05) is 0 Å². The summed E-state index contributed by atoms with van der Waals surface area (Å²) in [5.41, 5.74) is 1.81. The topological polar surface area (TPSA) is 66.3 Å². The number of pyridine rings is 1. The summed E-state index contributed by atoms with van der Waals surface area (Å²) in [6.45, 7) is 2.06. The molecule has 0 bridgehead atoms. The zero-order valence-electron chi connectivity index (χ0n) is 15.8. The molecule has 0 aliphatic carbocycles. The molecule has 0 aliphatic rings. The Morgan fingerprint density at radius 1 is 1.07 bits per heavy atom. The summed E-state index contributed by atoms with van der Waals surface area (Å²) >= 11 is 0. The molecule has 4 rings (SSSR count). The Morgan fingerprint density at radius 2 is 1.90 bits per heavy atom. The van der Waals surface area contributed by atoms with Crippen LogP contribution >= 0.6 is 0 Å². The van der Waals surface area contributed by atoms with Crippen molar-refractivity contribution < 1.29 is 13.6 Å². The fourth-order valence-corrected chi connectivity index (χ4v) is 3.35. The summed E-state index contributed by atoms with van der Waals surface area (Å²) in [7, 11) is 0. The number of aromatic nitrogens is 1. The Hall–Kier alpha value is -3.67. The first-order chi connectivity index (χ1) is 14.0. The van der Waals surface area contributed by atoms with Crippen LogP contribution in [0.1, 0.15) is 27.2 Å². The fraction of sp³-hybridized carbons (Fsp3) is 0.130. The third-order valence-corrected chi connectivity index (χ3v) is 4.84. The Bertz CT molecular complexity index is 1230.